The van der Waals surface area contributed by atoms with Crippen LogP contribution in [-0.4, -0.2) is 26.9 Å². The maximum absolute atomic E-state index is 9.90. The van der Waals surface area contributed by atoms with E-state index in [1.165, 1.54) is 0 Å². The minimum atomic E-state index is 0.172. The van der Waals surface area contributed by atoms with Gasteiger partial charge in [0.25, 0.3) is 0 Å². The third-order valence-corrected chi connectivity index (χ3v) is 2.15. The fourth-order valence-corrected chi connectivity index (χ4v) is 1.39. The summed E-state index contributed by atoms with van der Waals surface area (Å²) in [6.07, 6.45) is 1.60. The van der Waals surface area contributed by atoms with Gasteiger partial charge in [-0.05, 0) is 12.1 Å². The van der Waals surface area contributed by atoms with Crippen LogP contribution in [0.2, 0.25) is 0 Å². The number of aromatic nitrogens is 3. The number of nitrogens with one attached hydrogen (secondary N) is 1. The van der Waals surface area contributed by atoms with Gasteiger partial charge in [-0.15, -0.1) is 0 Å². The Balaban J connectivity index is 2.53. The van der Waals surface area contributed by atoms with E-state index in [0.29, 0.717) is 17.1 Å². The SMILES string of the molecule is CNc1cccc(-c2ncn(C)n2)c1O. The van der Waals surface area contributed by atoms with Crippen molar-refractivity contribution in [1.82, 2.24) is 14.8 Å². The number of nitrogens with zero attached hydrogens (tertiary/aromatic N) is 3. The maximum Gasteiger partial charge on any atom is 0.184 e. The Labute approximate surface area is 87.4 Å². The number of phenolic OH excluding ortho intramolecular Hbond substituents is 1. The lowest BCUT2D eigenvalue weighted by Crippen LogP contribution is -1.92. The second-order valence-electron chi connectivity index (χ2n) is 3.19. The van der Waals surface area contributed by atoms with Crippen LogP contribution in [0.4, 0.5) is 5.69 Å². The molecule has 0 spiro atoms. The Kier molecular flexibility index (Phi) is 2.29. The molecule has 2 N–H and O–H groups in total. The lowest BCUT2D eigenvalue weighted by molar-refractivity contribution is 0.479. The number of para-hydroxylation sites is 1. The molecule has 0 saturated heterocycles. The molecule has 5 heteroatoms. The zero-order valence-corrected chi connectivity index (χ0v) is 8.60. The van der Waals surface area contributed by atoms with Gasteiger partial charge in [0, 0.05) is 14.1 Å². The number of phenols is 1. The van der Waals surface area contributed by atoms with Gasteiger partial charge in [-0.25, -0.2) is 4.98 Å². The van der Waals surface area contributed by atoms with Crippen LogP contribution >= 0.6 is 0 Å². The Morgan fingerprint density at radius 3 is 2.80 bits per heavy atom. The van der Waals surface area contributed by atoms with Crippen molar-refractivity contribution in [3.63, 3.8) is 0 Å². The van der Waals surface area contributed by atoms with Gasteiger partial charge < -0.3 is 10.4 Å². The van der Waals surface area contributed by atoms with Crippen LogP contribution in [0.25, 0.3) is 11.4 Å². The molecule has 2 rings (SSSR count). The first-order valence-corrected chi connectivity index (χ1v) is 4.58. The van der Waals surface area contributed by atoms with Crippen LogP contribution in [0.3, 0.4) is 0 Å². The van der Waals surface area contributed by atoms with E-state index in [4.69, 9.17) is 0 Å². The van der Waals surface area contributed by atoms with Crippen molar-refractivity contribution in [2.24, 2.45) is 7.05 Å². The summed E-state index contributed by atoms with van der Waals surface area (Å²) in [6.45, 7) is 0. The largest absolute Gasteiger partial charge is 0.505 e. The van der Waals surface area contributed by atoms with Gasteiger partial charge in [0.2, 0.25) is 0 Å². The van der Waals surface area contributed by atoms with E-state index in [0.717, 1.165) is 0 Å². The molecule has 78 valence electrons. The monoisotopic (exact) mass is 204 g/mol. The van der Waals surface area contributed by atoms with Crippen LogP contribution in [0.1, 0.15) is 0 Å². The molecule has 0 aliphatic rings. The highest BCUT2D eigenvalue weighted by Gasteiger charge is 2.10. The molecular formula is C10H12N4O. The van der Waals surface area contributed by atoms with E-state index < -0.39 is 0 Å². The lowest BCUT2D eigenvalue weighted by Gasteiger charge is -2.06. The van der Waals surface area contributed by atoms with Crippen molar-refractivity contribution in [2.45, 2.75) is 0 Å². The molecule has 5 nitrogen and oxygen atoms in total. The van der Waals surface area contributed by atoms with Crippen LogP contribution in [0, 0.1) is 0 Å². The summed E-state index contributed by atoms with van der Waals surface area (Å²) < 4.78 is 1.60. The summed E-state index contributed by atoms with van der Waals surface area (Å²) in [4.78, 5) is 4.09. The maximum atomic E-state index is 9.90. The molecule has 0 bridgehead atoms. The van der Waals surface area contributed by atoms with Crippen molar-refractivity contribution in [1.29, 1.82) is 0 Å². The van der Waals surface area contributed by atoms with Crippen LogP contribution < -0.4 is 5.32 Å². The van der Waals surface area contributed by atoms with Crippen molar-refractivity contribution in [3.05, 3.63) is 24.5 Å². The van der Waals surface area contributed by atoms with E-state index in [-0.39, 0.29) is 5.75 Å². The quantitative estimate of drug-likeness (QED) is 0.722. The molecule has 0 aliphatic carbocycles. The van der Waals surface area contributed by atoms with E-state index in [1.54, 1.807) is 37.2 Å². The van der Waals surface area contributed by atoms with E-state index >= 15 is 0 Å². The fourth-order valence-electron chi connectivity index (χ4n) is 1.39. The average Bonchev–Trinajstić information content (AvgIpc) is 2.65. The Morgan fingerprint density at radius 1 is 1.40 bits per heavy atom. The summed E-state index contributed by atoms with van der Waals surface area (Å²) in [6, 6.07) is 5.42. The molecule has 0 radical (unpaired) electrons. The van der Waals surface area contributed by atoms with Gasteiger partial charge in [0.05, 0.1) is 11.3 Å². The van der Waals surface area contributed by atoms with E-state index in [9.17, 15) is 5.11 Å². The molecule has 2 aromatic rings. The molecule has 15 heavy (non-hydrogen) atoms. The van der Waals surface area contributed by atoms with Gasteiger partial charge in [0.1, 0.15) is 12.1 Å². The molecular weight excluding hydrogens is 192 g/mol. The minimum Gasteiger partial charge on any atom is -0.505 e. The third-order valence-electron chi connectivity index (χ3n) is 2.15. The smallest absolute Gasteiger partial charge is 0.184 e. The van der Waals surface area contributed by atoms with Gasteiger partial charge in [-0.1, -0.05) is 6.07 Å². The number of hydrogen-bond donors (Lipinski definition) is 2. The highest BCUT2D eigenvalue weighted by molar-refractivity contribution is 5.73. The number of benzene rings is 1. The Hall–Kier alpha value is -2.04. The summed E-state index contributed by atoms with van der Waals surface area (Å²) in [7, 11) is 3.54. The minimum absolute atomic E-state index is 0.172. The van der Waals surface area contributed by atoms with E-state index in [1.807, 2.05) is 6.07 Å². The molecule has 0 unspecified atom stereocenters. The number of anilines is 1. The number of hydrogen-bond acceptors (Lipinski definition) is 4. The highest BCUT2D eigenvalue weighted by Crippen LogP contribution is 2.32. The highest BCUT2D eigenvalue weighted by atomic mass is 16.3. The van der Waals surface area contributed by atoms with Crippen molar-refractivity contribution in [2.75, 3.05) is 12.4 Å². The predicted molar refractivity (Wildman–Crippen MR) is 57.7 cm³/mol. The number of aromatic hydroxyl groups is 1. The predicted octanol–water partition coefficient (Wildman–Crippen LogP) is 1.23. The zero-order valence-electron chi connectivity index (χ0n) is 8.60. The molecule has 1 heterocycles. The molecule has 1 aromatic heterocycles. The van der Waals surface area contributed by atoms with Gasteiger partial charge in [0.15, 0.2) is 5.82 Å². The van der Waals surface area contributed by atoms with Gasteiger partial charge in [-0.2, -0.15) is 5.10 Å². The van der Waals surface area contributed by atoms with Crippen LogP contribution in [0.5, 0.6) is 5.75 Å². The summed E-state index contributed by atoms with van der Waals surface area (Å²) in [5.74, 6) is 0.693. The van der Waals surface area contributed by atoms with Crippen LogP contribution in [-0.2, 0) is 7.05 Å². The molecule has 1 aromatic carbocycles. The molecule has 0 saturated carbocycles. The summed E-state index contributed by atoms with van der Waals surface area (Å²) in [5, 5.41) is 16.9. The Morgan fingerprint density at radius 2 is 2.20 bits per heavy atom. The molecule has 0 amide bonds. The van der Waals surface area contributed by atoms with Crippen molar-refractivity contribution < 1.29 is 5.11 Å². The first kappa shape index (κ1) is 9.51. The number of aryl methyl sites for hydroxylation is 1. The topological polar surface area (TPSA) is 63.0 Å². The van der Waals surface area contributed by atoms with Crippen molar-refractivity contribution >= 4 is 5.69 Å². The lowest BCUT2D eigenvalue weighted by atomic mass is 10.1. The summed E-state index contributed by atoms with van der Waals surface area (Å²) in [5.41, 5.74) is 1.29. The molecule has 0 atom stereocenters. The average molecular weight is 204 g/mol. The fraction of sp³-hybridized carbons (Fsp3) is 0.200. The molecule has 0 fully saturated rings. The molecule has 0 aliphatic heterocycles. The third kappa shape index (κ3) is 1.63. The second kappa shape index (κ2) is 3.61. The first-order chi connectivity index (χ1) is 7.22. The van der Waals surface area contributed by atoms with Crippen LogP contribution in [0.15, 0.2) is 24.5 Å². The van der Waals surface area contributed by atoms with Crippen molar-refractivity contribution in [3.8, 4) is 17.1 Å². The first-order valence-electron chi connectivity index (χ1n) is 4.58. The normalized spacial score (nSPS) is 10.3. The van der Waals surface area contributed by atoms with E-state index in [2.05, 4.69) is 15.4 Å². The zero-order chi connectivity index (χ0) is 10.8. The Bertz CT molecular complexity index is 478. The second-order valence-corrected chi connectivity index (χ2v) is 3.19. The van der Waals surface area contributed by atoms with Gasteiger partial charge >= 0.3 is 0 Å². The summed E-state index contributed by atoms with van der Waals surface area (Å²) >= 11 is 0. The standard InChI is InChI=1S/C10H12N4O/c1-11-8-5-3-4-7(9(8)15)10-12-6-14(2)13-10/h3-6,11,15H,1-2H3. The van der Waals surface area contributed by atoms with Gasteiger partial charge in [-0.3, -0.25) is 4.68 Å². The number of rotatable bonds is 2.